The van der Waals surface area contributed by atoms with Gasteiger partial charge in [0.2, 0.25) is 0 Å². The van der Waals surface area contributed by atoms with E-state index < -0.39 is 0 Å². The highest BCUT2D eigenvalue weighted by Crippen LogP contribution is 2.63. The Kier molecular flexibility index (Phi) is 3.01. The van der Waals surface area contributed by atoms with Gasteiger partial charge >= 0.3 is 5.97 Å². The summed E-state index contributed by atoms with van der Waals surface area (Å²) >= 11 is 0. The number of carbonyl (C=O) groups is 1. The van der Waals surface area contributed by atoms with E-state index in [-0.39, 0.29) is 23.6 Å². The van der Waals surface area contributed by atoms with E-state index >= 15 is 0 Å². The summed E-state index contributed by atoms with van der Waals surface area (Å²) in [5, 5.41) is 9.36. The Balaban J connectivity index is 1.83. The third-order valence-electron chi connectivity index (χ3n) is 5.43. The van der Waals surface area contributed by atoms with Crippen LogP contribution in [-0.4, -0.2) is 23.3 Å². The van der Waals surface area contributed by atoms with Crippen LogP contribution >= 0.6 is 0 Å². The number of ether oxygens (including phenoxy) is 1. The van der Waals surface area contributed by atoms with Gasteiger partial charge in [0.15, 0.2) is 0 Å². The highest BCUT2D eigenvalue weighted by atomic mass is 16.6. The van der Waals surface area contributed by atoms with Crippen LogP contribution in [0, 0.1) is 17.3 Å². The minimum Gasteiger partial charge on any atom is -0.456 e. The SMILES string of the molecule is C=C(C)C(=O)OC12CC3CC(CC(CCO)(C3)C1)C2. The molecule has 0 spiro atoms. The van der Waals surface area contributed by atoms with Gasteiger partial charge in [0.05, 0.1) is 0 Å². The van der Waals surface area contributed by atoms with Crippen molar-refractivity contribution in [2.24, 2.45) is 17.3 Å². The van der Waals surface area contributed by atoms with Crippen molar-refractivity contribution in [3.8, 4) is 0 Å². The van der Waals surface area contributed by atoms with Gasteiger partial charge in [0.25, 0.3) is 0 Å². The standard InChI is InChI=1S/C16H24O3/c1-11(2)14(18)19-16-8-12-5-13(9-16)7-15(6-12,10-16)3-4-17/h12-13,17H,1,3-10H2,2H3. The zero-order valence-corrected chi connectivity index (χ0v) is 11.8. The predicted molar refractivity (Wildman–Crippen MR) is 72.5 cm³/mol. The smallest absolute Gasteiger partial charge is 0.333 e. The first kappa shape index (κ1) is 13.2. The molecule has 0 amide bonds. The Bertz CT molecular complexity index is 398. The van der Waals surface area contributed by atoms with Gasteiger partial charge in [-0.15, -0.1) is 0 Å². The average Bonchev–Trinajstić information content (AvgIpc) is 2.25. The van der Waals surface area contributed by atoms with Crippen molar-refractivity contribution in [3.63, 3.8) is 0 Å². The van der Waals surface area contributed by atoms with E-state index in [1.54, 1.807) is 6.92 Å². The number of hydrogen-bond donors (Lipinski definition) is 1. The fraction of sp³-hybridized carbons (Fsp3) is 0.812. The van der Waals surface area contributed by atoms with Gasteiger partial charge in [-0.05, 0) is 69.1 Å². The Hall–Kier alpha value is -0.830. The molecule has 3 heteroatoms. The van der Waals surface area contributed by atoms with Gasteiger partial charge in [-0.2, -0.15) is 0 Å². The van der Waals surface area contributed by atoms with Crippen molar-refractivity contribution in [1.29, 1.82) is 0 Å². The van der Waals surface area contributed by atoms with Crippen LogP contribution in [-0.2, 0) is 9.53 Å². The molecule has 2 unspecified atom stereocenters. The van der Waals surface area contributed by atoms with E-state index in [1.807, 2.05) is 0 Å². The summed E-state index contributed by atoms with van der Waals surface area (Å²) in [4.78, 5) is 11.9. The maximum absolute atomic E-state index is 11.9. The van der Waals surface area contributed by atoms with Crippen LogP contribution in [0.25, 0.3) is 0 Å². The number of esters is 1. The second-order valence-electron chi connectivity index (χ2n) is 7.29. The molecular weight excluding hydrogens is 240 g/mol. The largest absolute Gasteiger partial charge is 0.456 e. The molecule has 0 aromatic rings. The minimum absolute atomic E-state index is 0.230. The summed E-state index contributed by atoms with van der Waals surface area (Å²) in [7, 11) is 0. The number of hydrogen-bond acceptors (Lipinski definition) is 3. The van der Waals surface area contributed by atoms with Crippen molar-refractivity contribution in [1.82, 2.24) is 0 Å². The van der Waals surface area contributed by atoms with E-state index in [1.165, 1.54) is 19.3 Å². The summed E-state index contributed by atoms with van der Waals surface area (Å²) in [5.74, 6) is 1.14. The molecule has 4 aliphatic rings. The second kappa shape index (κ2) is 4.34. The molecule has 0 aliphatic heterocycles. The van der Waals surface area contributed by atoms with E-state index in [2.05, 4.69) is 6.58 Å². The van der Waals surface area contributed by atoms with Gasteiger partial charge in [0.1, 0.15) is 5.60 Å². The molecule has 4 bridgehead atoms. The molecule has 0 radical (unpaired) electrons. The lowest BCUT2D eigenvalue weighted by atomic mass is 9.47. The van der Waals surface area contributed by atoms with Crippen molar-refractivity contribution >= 4 is 5.97 Å². The molecule has 4 rings (SSSR count). The number of aliphatic hydroxyl groups excluding tert-OH is 1. The molecule has 0 heterocycles. The Morgan fingerprint density at radius 1 is 1.32 bits per heavy atom. The fourth-order valence-corrected chi connectivity index (χ4v) is 5.30. The molecule has 19 heavy (non-hydrogen) atoms. The third-order valence-corrected chi connectivity index (χ3v) is 5.43. The van der Waals surface area contributed by atoms with Gasteiger partial charge in [0, 0.05) is 12.2 Å². The van der Waals surface area contributed by atoms with Crippen LogP contribution in [0.2, 0.25) is 0 Å². The van der Waals surface area contributed by atoms with Gasteiger partial charge < -0.3 is 9.84 Å². The summed E-state index contributed by atoms with van der Waals surface area (Å²) in [6, 6.07) is 0. The molecule has 3 nitrogen and oxygen atoms in total. The lowest BCUT2D eigenvalue weighted by molar-refractivity contribution is -0.200. The number of rotatable bonds is 4. The van der Waals surface area contributed by atoms with Crippen LogP contribution in [0.3, 0.4) is 0 Å². The van der Waals surface area contributed by atoms with Crippen molar-refractivity contribution in [2.75, 3.05) is 6.61 Å². The summed E-state index contributed by atoms with van der Waals surface area (Å²) in [6.45, 7) is 5.66. The topological polar surface area (TPSA) is 46.5 Å². The van der Waals surface area contributed by atoms with E-state index in [4.69, 9.17) is 4.74 Å². The quantitative estimate of drug-likeness (QED) is 0.627. The molecule has 0 aromatic carbocycles. The first-order valence-corrected chi connectivity index (χ1v) is 7.46. The molecule has 4 aliphatic carbocycles. The Morgan fingerprint density at radius 3 is 2.47 bits per heavy atom. The van der Waals surface area contributed by atoms with Crippen LogP contribution in [0.5, 0.6) is 0 Å². The Morgan fingerprint density at radius 2 is 1.95 bits per heavy atom. The fourth-order valence-electron chi connectivity index (χ4n) is 5.30. The normalized spacial score (nSPS) is 43.3. The third kappa shape index (κ3) is 2.22. The first-order valence-electron chi connectivity index (χ1n) is 7.46. The molecule has 1 N–H and O–H groups in total. The average molecular weight is 264 g/mol. The molecule has 0 saturated heterocycles. The highest BCUT2D eigenvalue weighted by Gasteiger charge is 2.59. The van der Waals surface area contributed by atoms with Crippen LogP contribution in [0.1, 0.15) is 51.9 Å². The predicted octanol–water partition coefficient (Wildman–Crippen LogP) is 2.83. The molecule has 106 valence electrons. The van der Waals surface area contributed by atoms with E-state index in [9.17, 15) is 9.90 Å². The second-order valence-corrected chi connectivity index (χ2v) is 7.29. The molecule has 4 saturated carbocycles. The van der Waals surface area contributed by atoms with Gasteiger partial charge in [-0.3, -0.25) is 0 Å². The number of carbonyl (C=O) groups excluding carboxylic acids is 1. The molecular formula is C16H24O3. The first-order chi connectivity index (χ1) is 8.96. The Labute approximate surface area is 115 Å². The van der Waals surface area contributed by atoms with Crippen LogP contribution in [0.15, 0.2) is 12.2 Å². The summed E-state index contributed by atoms with van der Waals surface area (Å²) in [5.41, 5.74) is 0.468. The maximum atomic E-state index is 11.9. The van der Waals surface area contributed by atoms with Gasteiger partial charge in [-0.1, -0.05) is 6.58 Å². The lowest BCUT2D eigenvalue weighted by Crippen LogP contribution is -2.57. The molecule has 0 aromatic heterocycles. The lowest BCUT2D eigenvalue weighted by Gasteiger charge is -2.61. The van der Waals surface area contributed by atoms with Crippen molar-refractivity contribution < 1.29 is 14.6 Å². The van der Waals surface area contributed by atoms with E-state index in [0.29, 0.717) is 17.4 Å². The van der Waals surface area contributed by atoms with Crippen LogP contribution < -0.4 is 0 Å². The summed E-state index contributed by atoms with van der Waals surface area (Å²) in [6.07, 6.45) is 7.59. The number of aliphatic hydroxyl groups is 1. The monoisotopic (exact) mass is 264 g/mol. The van der Waals surface area contributed by atoms with Crippen molar-refractivity contribution in [2.45, 2.75) is 57.5 Å². The highest BCUT2D eigenvalue weighted by molar-refractivity contribution is 5.87. The van der Waals surface area contributed by atoms with Crippen molar-refractivity contribution in [3.05, 3.63) is 12.2 Å². The minimum atomic E-state index is -0.255. The van der Waals surface area contributed by atoms with Gasteiger partial charge in [-0.25, -0.2) is 4.79 Å². The molecule has 4 fully saturated rings. The van der Waals surface area contributed by atoms with Crippen LogP contribution in [0.4, 0.5) is 0 Å². The summed E-state index contributed by atoms with van der Waals surface area (Å²) < 4.78 is 5.86. The zero-order chi connectivity index (χ0) is 13.7. The molecule has 2 atom stereocenters. The maximum Gasteiger partial charge on any atom is 0.333 e. The van der Waals surface area contributed by atoms with E-state index in [0.717, 1.165) is 25.7 Å². The zero-order valence-electron chi connectivity index (χ0n) is 11.8.